The lowest BCUT2D eigenvalue weighted by atomic mass is 10.0. The summed E-state index contributed by atoms with van der Waals surface area (Å²) >= 11 is 0. The normalized spacial score (nSPS) is 12.4. The monoisotopic (exact) mass is 526 g/mol. The van der Waals surface area contributed by atoms with E-state index in [1.807, 2.05) is 0 Å². The van der Waals surface area contributed by atoms with Crippen LogP contribution >= 0.6 is 0 Å². The fraction of sp³-hybridized carbons (Fsp3) is 0.0769. The summed E-state index contributed by atoms with van der Waals surface area (Å²) in [6, 6.07) is 26.6. The molecule has 0 bridgehead atoms. The molecule has 0 fully saturated rings. The lowest BCUT2D eigenvalue weighted by Crippen LogP contribution is -2.06. The van der Waals surface area contributed by atoms with Crippen LogP contribution in [0, 0.1) is 0 Å². The molecule has 0 radical (unpaired) electrons. The van der Waals surface area contributed by atoms with Gasteiger partial charge in [-0.25, -0.2) is 25.3 Å². The van der Waals surface area contributed by atoms with E-state index in [1.165, 1.54) is 48.5 Å². The van der Waals surface area contributed by atoms with Gasteiger partial charge in [0.05, 0.1) is 25.3 Å². The summed E-state index contributed by atoms with van der Waals surface area (Å²) in [4.78, 5) is 0.423. The van der Waals surface area contributed by atoms with Crippen molar-refractivity contribution in [1.82, 2.24) is 0 Å². The lowest BCUT2D eigenvalue weighted by molar-refractivity contribution is 0.592. The fourth-order valence-corrected chi connectivity index (χ4v) is 6.81. The summed E-state index contributed by atoms with van der Waals surface area (Å²) in [5.41, 5.74) is 2.20. The third-order valence-electron chi connectivity index (χ3n) is 5.47. The van der Waals surface area contributed by atoms with Crippen LogP contribution in [0.3, 0.4) is 0 Å². The van der Waals surface area contributed by atoms with Crippen LogP contribution in [0.5, 0.6) is 0 Å². The van der Waals surface area contributed by atoms with Gasteiger partial charge in [-0.15, -0.1) is 0 Å². The zero-order valence-electron chi connectivity index (χ0n) is 18.7. The van der Waals surface area contributed by atoms with Crippen molar-refractivity contribution in [1.29, 1.82) is 0 Å². The van der Waals surface area contributed by atoms with Crippen LogP contribution in [-0.4, -0.2) is 31.5 Å². The molecule has 9 heteroatoms. The topological polar surface area (TPSA) is 102 Å². The van der Waals surface area contributed by atoms with E-state index in [9.17, 15) is 25.3 Å². The minimum Gasteiger partial charge on any atom is -0.224 e. The first-order chi connectivity index (χ1) is 16.5. The van der Waals surface area contributed by atoms with Gasteiger partial charge in [0.1, 0.15) is 0 Å². The van der Waals surface area contributed by atoms with Crippen LogP contribution in [0.4, 0.5) is 0 Å². The Morgan fingerprint density at radius 1 is 0.486 bits per heavy atom. The Balaban J connectivity index is 1.51. The molecule has 0 saturated carbocycles. The molecular weight excluding hydrogens is 504 g/mol. The third kappa shape index (κ3) is 5.53. The summed E-state index contributed by atoms with van der Waals surface area (Å²) < 4.78 is 74.5. The maximum atomic E-state index is 12.9. The Bertz CT molecular complexity index is 1660. The van der Waals surface area contributed by atoms with Crippen LogP contribution in [0.15, 0.2) is 123 Å². The molecule has 0 heterocycles. The van der Waals surface area contributed by atoms with Crippen molar-refractivity contribution in [3.63, 3.8) is 0 Å². The molecule has 0 spiro atoms. The van der Waals surface area contributed by atoms with Gasteiger partial charge in [-0.1, -0.05) is 54.6 Å². The van der Waals surface area contributed by atoms with Crippen molar-refractivity contribution in [3.8, 4) is 11.1 Å². The van der Waals surface area contributed by atoms with Gasteiger partial charge in [-0.3, -0.25) is 0 Å². The standard InChI is InChI=1S/C26H22O6S3/c1-33(27,28)23-13-11-22(12-14-23)21-9-7-20(8-10-21)19-34(29,30)24-15-17-26(18-16-24)35(31,32)25-5-3-2-4-6-25/h2-18H,19H2,1H3. The summed E-state index contributed by atoms with van der Waals surface area (Å²) in [7, 11) is -10.7. The van der Waals surface area contributed by atoms with Crippen molar-refractivity contribution in [3.05, 3.63) is 109 Å². The van der Waals surface area contributed by atoms with E-state index >= 15 is 0 Å². The largest absolute Gasteiger partial charge is 0.224 e. The van der Waals surface area contributed by atoms with Crippen LogP contribution < -0.4 is 0 Å². The number of sulfone groups is 3. The number of hydrogen-bond donors (Lipinski definition) is 0. The van der Waals surface area contributed by atoms with Gasteiger partial charge in [0.25, 0.3) is 0 Å². The summed E-state index contributed by atoms with van der Waals surface area (Å²) in [6.07, 6.45) is 1.15. The van der Waals surface area contributed by atoms with Crippen molar-refractivity contribution < 1.29 is 25.3 Å². The molecule has 35 heavy (non-hydrogen) atoms. The number of benzene rings is 4. The highest BCUT2D eigenvalue weighted by Gasteiger charge is 2.20. The zero-order valence-corrected chi connectivity index (χ0v) is 21.1. The van der Waals surface area contributed by atoms with Gasteiger partial charge in [-0.05, 0) is 65.2 Å². The smallest absolute Gasteiger partial charge is 0.206 e. The maximum absolute atomic E-state index is 12.9. The minimum atomic E-state index is -3.73. The molecule has 0 atom stereocenters. The number of rotatable bonds is 7. The molecule has 0 amide bonds. The van der Waals surface area contributed by atoms with Crippen molar-refractivity contribution in [2.45, 2.75) is 25.3 Å². The maximum Gasteiger partial charge on any atom is 0.206 e. The van der Waals surface area contributed by atoms with Gasteiger partial charge in [-0.2, -0.15) is 0 Å². The number of hydrogen-bond acceptors (Lipinski definition) is 6. The van der Waals surface area contributed by atoms with Gasteiger partial charge in [0.15, 0.2) is 19.7 Å². The second-order valence-corrected chi connectivity index (χ2v) is 14.0. The van der Waals surface area contributed by atoms with Gasteiger partial charge < -0.3 is 0 Å². The highest BCUT2D eigenvalue weighted by Crippen LogP contribution is 2.25. The van der Waals surface area contributed by atoms with Crippen molar-refractivity contribution >= 4 is 29.5 Å². The average Bonchev–Trinajstić information content (AvgIpc) is 2.84. The zero-order chi connectivity index (χ0) is 25.3. The highest BCUT2D eigenvalue weighted by atomic mass is 32.2. The van der Waals surface area contributed by atoms with Crippen LogP contribution in [0.2, 0.25) is 0 Å². The SMILES string of the molecule is CS(=O)(=O)c1ccc(-c2ccc(CS(=O)(=O)c3ccc(S(=O)(=O)c4ccccc4)cc3)cc2)cc1. The Labute approximate surface area is 205 Å². The van der Waals surface area contributed by atoms with E-state index in [0.717, 1.165) is 17.4 Å². The van der Waals surface area contributed by atoms with Gasteiger partial charge in [0.2, 0.25) is 9.84 Å². The minimum absolute atomic E-state index is 0.0221. The fourth-order valence-electron chi connectivity index (χ4n) is 3.55. The molecule has 4 rings (SSSR count). The molecule has 180 valence electrons. The second-order valence-electron chi connectivity index (χ2n) is 8.04. The average molecular weight is 527 g/mol. The molecule has 6 nitrogen and oxygen atoms in total. The molecule has 0 unspecified atom stereocenters. The first-order valence-corrected chi connectivity index (χ1v) is 15.5. The molecule has 0 aliphatic carbocycles. The Morgan fingerprint density at radius 2 is 0.914 bits per heavy atom. The predicted molar refractivity (Wildman–Crippen MR) is 134 cm³/mol. The first-order valence-electron chi connectivity index (χ1n) is 10.5. The summed E-state index contributed by atoms with van der Waals surface area (Å²) in [5.74, 6) is -0.245. The molecule has 0 aromatic heterocycles. The van der Waals surface area contributed by atoms with E-state index in [-0.39, 0.29) is 25.3 Å². The molecule has 4 aromatic rings. The van der Waals surface area contributed by atoms with E-state index in [0.29, 0.717) is 5.56 Å². The van der Waals surface area contributed by atoms with Crippen molar-refractivity contribution in [2.24, 2.45) is 0 Å². The van der Waals surface area contributed by atoms with E-state index < -0.39 is 29.5 Å². The molecule has 0 saturated heterocycles. The van der Waals surface area contributed by atoms with E-state index in [4.69, 9.17) is 0 Å². The van der Waals surface area contributed by atoms with Crippen LogP contribution in [-0.2, 0) is 35.3 Å². The molecule has 0 aliphatic rings. The van der Waals surface area contributed by atoms with Crippen molar-refractivity contribution in [2.75, 3.05) is 6.26 Å². The Morgan fingerprint density at radius 3 is 1.43 bits per heavy atom. The molecule has 4 aromatic carbocycles. The second kappa shape index (κ2) is 9.41. The quantitative estimate of drug-likeness (QED) is 0.350. The van der Waals surface area contributed by atoms with E-state index in [2.05, 4.69) is 0 Å². The van der Waals surface area contributed by atoms with Gasteiger partial charge >= 0.3 is 0 Å². The Hall–Kier alpha value is -3.27. The summed E-state index contributed by atoms with van der Waals surface area (Å²) in [6.45, 7) is 0. The molecule has 0 aliphatic heterocycles. The lowest BCUT2D eigenvalue weighted by Gasteiger charge is -2.09. The first kappa shape index (κ1) is 24.8. The van der Waals surface area contributed by atoms with Gasteiger partial charge in [0, 0.05) is 6.26 Å². The summed E-state index contributed by atoms with van der Waals surface area (Å²) in [5, 5.41) is 0. The highest BCUT2D eigenvalue weighted by molar-refractivity contribution is 7.91. The Kier molecular flexibility index (Phi) is 6.68. The van der Waals surface area contributed by atoms with Crippen LogP contribution in [0.25, 0.3) is 11.1 Å². The predicted octanol–water partition coefficient (Wildman–Crippen LogP) is 4.56. The molecular formula is C26H22O6S3. The van der Waals surface area contributed by atoms with E-state index in [1.54, 1.807) is 54.6 Å². The third-order valence-corrected chi connectivity index (χ3v) is 10.1. The van der Waals surface area contributed by atoms with Crippen LogP contribution in [0.1, 0.15) is 5.56 Å². The molecule has 0 N–H and O–H groups in total.